The maximum atomic E-state index is 4.14. The van der Waals surface area contributed by atoms with E-state index in [1.807, 2.05) is 23.7 Å². The van der Waals surface area contributed by atoms with Crippen LogP contribution in [-0.2, 0) is 0 Å². The summed E-state index contributed by atoms with van der Waals surface area (Å²) in [5, 5.41) is 0. The van der Waals surface area contributed by atoms with Crippen LogP contribution in [0.5, 0.6) is 0 Å². The Morgan fingerprint density at radius 1 is 1.09 bits per heavy atom. The molecule has 1 aromatic carbocycles. The van der Waals surface area contributed by atoms with Crippen molar-refractivity contribution in [3.8, 4) is 0 Å². The molecule has 0 fully saturated rings. The van der Waals surface area contributed by atoms with E-state index in [9.17, 15) is 0 Å². The molecule has 2 aromatic rings. The summed E-state index contributed by atoms with van der Waals surface area (Å²) in [6, 6.07) is 8.13. The predicted octanol–water partition coefficient (Wildman–Crippen LogP) is 2.62. The van der Waals surface area contributed by atoms with Crippen molar-refractivity contribution in [2.24, 2.45) is 0 Å². The third-order valence-electron chi connectivity index (χ3n) is 1.24. The van der Waals surface area contributed by atoms with E-state index in [-0.39, 0.29) is 12.3 Å². The third-order valence-corrected chi connectivity index (χ3v) is 2.05. The summed E-state index contributed by atoms with van der Waals surface area (Å²) in [6.07, 6.45) is 0. The first-order chi connectivity index (χ1) is 4.47. The number of thiazole rings is 1. The lowest BCUT2D eigenvalue weighted by Gasteiger charge is -1.80. The van der Waals surface area contributed by atoms with Crippen LogP contribution in [0, 0.1) is 0 Å². The number of rotatable bonds is 0. The normalized spacial score (nSPS) is 8.36. The number of hydrogen-bond donors (Lipinski definition) is 2. The van der Waals surface area contributed by atoms with Crippen LogP contribution in [0.25, 0.3) is 10.2 Å². The average Bonchev–Trinajstić information content (AvgIpc) is 2.33. The molecule has 60 valence electrons. The van der Waals surface area contributed by atoms with Crippen molar-refractivity contribution in [1.82, 2.24) is 17.3 Å². The van der Waals surface area contributed by atoms with Crippen LogP contribution in [0.2, 0.25) is 0 Å². The van der Waals surface area contributed by atoms with Gasteiger partial charge in [0.05, 0.1) is 15.7 Å². The van der Waals surface area contributed by atoms with Crippen LogP contribution in [0.15, 0.2) is 29.8 Å². The molecule has 0 bridgehead atoms. The molecule has 1 heterocycles. The molecule has 0 saturated heterocycles. The van der Waals surface area contributed by atoms with E-state index < -0.39 is 0 Å². The molecular weight excluding hydrogens is 158 g/mol. The molecule has 0 atom stereocenters. The van der Waals surface area contributed by atoms with Gasteiger partial charge in [-0.05, 0) is 12.1 Å². The van der Waals surface area contributed by atoms with E-state index in [4.69, 9.17) is 0 Å². The largest absolute Gasteiger partial charge is 0.344 e. The molecule has 11 heavy (non-hydrogen) atoms. The highest BCUT2D eigenvalue weighted by molar-refractivity contribution is 7.16. The Morgan fingerprint density at radius 2 is 1.82 bits per heavy atom. The molecule has 6 N–H and O–H groups in total. The lowest BCUT2D eigenvalue weighted by Crippen LogP contribution is -1.61. The molecule has 0 aliphatic heterocycles. The summed E-state index contributed by atoms with van der Waals surface area (Å²) >= 11 is 1.68. The number of hydrogen-bond acceptors (Lipinski definition) is 4. The zero-order valence-corrected chi connectivity index (χ0v) is 6.97. The van der Waals surface area contributed by atoms with Crippen LogP contribution in [0.3, 0.4) is 0 Å². The molecule has 0 spiro atoms. The second-order valence-corrected chi connectivity index (χ2v) is 2.71. The highest BCUT2D eigenvalue weighted by Gasteiger charge is 1.89. The molecule has 3 nitrogen and oxygen atoms in total. The number of fused-ring (bicyclic) bond motifs is 1. The Labute approximate surface area is 69.2 Å². The van der Waals surface area contributed by atoms with Gasteiger partial charge in [0.1, 0.15) is 0 Å². The quantitative estimate of drug-likeness (QED) is 0.635. The van der Waals surface area contributed by atoms with Gasteiger partial charge in [0, 0.05) is 0 Å². The SMILES string of the molecule is N.N.c1ccc2scnc2c1. The molecule has 0 unspecified atom stereocenters. The van der Waals surface area contributed by atoms with Crippen molar-refractivity contribution in [3.63, 3.8) is 0 Å². The van der Waals surface area contributed by atoms with E-state index in [1.54, 1.807) is 11.3 Å². The fraction of sp³-hybridized carbons (Fsp3) is 0. The van der Waals surface area contributed by atoms with Gasteiger partial charge in [-0.1, -0.05) is 12.1 Å². The van der Waals surface area contributed by atoms with E-state index >= 15 is 0 Å². The third kappa shape index (κ3) is 1.74. The Kier molecular flexibility index (Phi) is 3.67. The zero-order valence-electron chi connectivity index (χ0n) is 6.16. The van der Waals surface area contributed by atoms with Crippen molar-refractivity contribution in [3.05, 3.63) is 29.8 Å². The minimum absolute atomic E-state index is 0. The van der Waals surface area contributed by atoms with Crippen LogP contribution >= 0.6 is 11.3 Å². The molecule has 2 rings (SSSR count). The van der Waals surface area contributed by atoms with Gasteiger partial charge in [-0.15, -0.1) is 11.3 Å². The van der Waals surface area contributed by atoms with Crippen LogP contribution < -0.4 is 12.3 Å². The number of nitrogens with zero attached hydrogens (tertiary/aromatic N) is 1. The number of para-hydroxylation sites is 1. The Morgan fingerprint density at radius 3 is 2.55 bits per heavy atom. The molecule has 0 aliphatic rings. The van der Waals surface area contributed by atoms with E-state index in [0.29, 0.717) is 0 Å². The average molecular weight is 169 g/mol. The zero-order chi connectivity index (χ0) is 6.10. The minimum Gasteiger partial charge on any atom is -0.344 e. The molecular formula is C7H11N3S. The van der Waals surface area contributed by atoms with Gasteiger partial charge < -0.3 is 12.3 Å². The van der Waals surface area contributed by atoms with Crippen LogP contribution in [0.1, 0.15) is 0 Å². The van der Waals surface area contributed by atoms with E-state index in [0.717, 1.165) is 5.52 Å². The van der Waals surface area contributed by atoms with Gasteiger partial charge >= 0.3 is 0 Å². The molecule has 1 aromatic heterocycles. The van der Waals surface area contributed by atoms with Crippen molar-refractivity contribution in [1.29, 1.82) is 0 Å². The number of benzene rings is 1. The summed E-state index contributed by atoms with van der Waals surface area (Å²) in [5.74, 6) is 0. The topological polar surface area (TPSA) is 82.9 Å². The molecule has 4 heteroatoms. The van der Waals surface area contributed by atoms with Crippen molar-refractivity contribution in [2.75, 3.05) is 0 Å². The Hall–Kier alpha value is -0.970. The summed E-state index contributed by atoms with van der Waals surface area (Å²) in [7, 11) is 0. The second kappa shape index (κ2) is 4.02. The fourth-order valence-corrected chi connectivity index (χ4v) is 1.48. The highest BCUT2D eigenvalue weighted by atomic mass is 32.1. The van der Waals surface area contributed by atoms with Crippen molar-refractivity contribution in [2.45, 2.75) is 0 Å². The lowest BCUT2D eigenvalue weighted by molar-refractivity contribution is 1.50. The molecule has 0 aliphatic carbocycles. The standard InChI is InChI=1S/C7H5NS.2H3N/c1-2-4-7-6(3-1)8-5-9-7;;/h1-5H;2*1H3. The monoisotopic (exact) mass is 169 g/mol. The minimum atomic E-state index is 0. The van der Waals surface area contributed by atoms with E-state index in [1.165, 1.54) is 4.70 Å². The van der Waals surface area contributed by atoms with Gasteiger partial charge in [0.2, 0.25) is 0 Å². The second-order valence-electron chi connectivity index (χ2n) is 1.82. The van der Waals surface area contributed by atoms with Crippen molar-refractivity contribution >= 4 is 21.6 Å². The Balaban J connectivity index is 0.000000500. The van der Waals surface area contributed by atoms with E-state index in [2.05, 4.69) is 11.1 Å². The summed E-state index contributed by atoms with van der Waals surface area (Å²) in [5.41, 5.74) is 2.97. The van der Waals surface area contributed by atoms with Crippen LogP contribution in [0.4, 0.5) is 0 Å². The van der Waals surface area contributed by atoms with Crippen LogP contribution in [-0.4, -0.2) is 4.98 Å². The highest BCUT2D eigenvalue weighted by Crippen LogP contribution is 2.15. The summed E-state index contributed by atoms with van der Waals surface area (Å²) in [6.45, 7) is 0. The smallest absolute Gasteiger partial charge is 0.0812 e. The maximum Gasteiger partial charge on any atom is 0.0812 e. The molecule has 0 amide bonds. The molecule has 0 saturated carbocycles. The van der Waals surface area contributed by atoms with Gasteiger partial charge in [0.15, 0.2) is 0 Å². The fourth-order valence-electron chi connectivity index (χ4n) is 0.803. The van der Waals surface area contributed by atoms with Gasteiger partial charge in [-0.3, -0.25) is 0 Å². The first-order valence-corrected chi connectivity index (χ1v) is 3.63. The summed E-state index contributed by atoms with van der Waals surface area (Å²) < 4.78 is 1.26. The van der Waals surface area contributed by atoms with Gasteiger partial charge in [-0.2, -0.15) is 0 Å². The number of aromatic nitrogens is 1. The van der Waals surface area contributed by atoms with Crippen molar-refractivity contribution < 1.29 is 0 Å². The first kappa shape index (κ1) is 10.0. The summed E-state index contributed by atoms with van der Waals surface area (Å²) in [4.78, 5) is 4.14. The first-order valence-electron chi connectivity index (χ1n) is 2.75. The lowest BCUT2D eigenvalue weighted by atomic mass is 10.3. The van der Waals surface area contributed by atoms with Gasteiger partial charge in [-0.25, -0.2) is 4.98 Å². The molecule has 0 radical (unpaired) electrons. The maximum absolute atomic E-state index is 4.14. The van der Waals surface area contributed by atoms with Gasteiger partial charge in [0.25, 0.3) is 0 Å². The Bertz CT molecular complexity index is 288. The predicted molar refractivity (Wildman–Crippen MR) is 49.7 cm³/mol.